The van der Waals surface area contributed by atoms with E-state index in [1.165, 1.54) is 6.20 Å². The van der Waals surface area contributed by atoms with Crippen LogP contribution in [0, 0.1) is 5.92 Å². The Kier molecular flexibility index (Phi) is 5.03. The number of rotatable bonds is 6. The fraction of sp³-hybridized carbons (Fsp3) is 0.190. The molecule has 6 heteroatoms. The molecule has 1 aliphatic carbocycles. The number of amides is 1. The predicted molar refractivity (Wildman–Crippen MR) is 103 cm³/mol. The Bertz CT molecular complexity index is 928. The van der Waals surface area contributed by atoms with Crippen LogP contribution in [-0.4, -0.2) is 15.9 Å². The van der Waals surface area contributed by atoms with E-state index in [0.717, 1.165) is 24.2 Å². The van der Waals surface area contributed by atoms with Crippen LogP contribution in [0.5, 0.6) is 11.5 Å². The molecule has 1 unspecified atom stereocenters. The summed E-state index contributed by atoms with van der Waals surface area (Å²) >= 11 is 6.24. The van der Waals surface area contributed by atoms with Crippen LogP contribution >= 0.6 is 11.6 Å². The maximum Gasteiger partial charge on any atom is 0.223 e. The Morgan fingerprint density at radius 3 is 2.33 bits per heavy atom. The summed E-state index contributed by atoms with van der Waals surface area (Å²) < 4.78 is 5.83. The Balaban J connectivity index is 1.59. The molecule has 5 nitrogen and oxygen atoms in total. The van der Waals surface area contributed by atoms with E-state index in [-0.39, 0.29) is 17.0 Å². The second-order valence-corrected chi connectivity index (χ2v) is 6.79. The molecule has 1 saturated carbocycles. The molecule has 1 N–H and O–H groups in total. The molecule has 0 spiro atoms. The number of aromatic nitrogens is 2. The molecule has 1 fully saturated rings. The molecular formula is C21H18ClN3O2. The van der Waals surface area contributed by atoms with E-state index in [2.05, 4.69) is 15.3 Å². The molecule has 0 bridgehead atoms. The highest BCUT2D eigenvalue weighted by atomic mass is 35.5. The number of carbonyl (C=O) groups is 1. The SMILES string of the molecule is O=C(NC(c1ccc(Oc2ccccc2)cc1)c1nccnc1Cl)C1CC1. The van der Waals surface area contributed by atoms with Crippen LogP contribution in [0.15, 0.2) is 67.0 Å². The number of nitrogens with one attached hydrogen (secondary N) is 1. The average molecular weight is 380 g/mol. The highest BCUT2D eigenvalue weighted by Gasteiger charge is 2.32. The summed E-state index contributed by atoms with van der Waals surface area (Å²) in [4.78, 5) is 20.8. The highest BCUT2D eigenvalue weighted by molar-refractivity contribution is 6.30. The van der Waals surface area contributed by atoms with E-state index >= 15 is 0 Å². The van der Waals surface area contributed by atoms with Crippen molar-refractivity contribution in [3.05, 3.63) is 83.4 Å². The average Bonchev–Trinajstić information content (AvgIpc) is 3.54. The molecule has 0 saturated heterocycles. The lowest BCUT2D eigenvalue weighted by atomic mass is 10.0. The second-order valence-electron chi connectivity index (χ2n) is 6.43. The Labute approximate surface area is 162 Å². The number of carbonyl (C=O) groups excluding carboxylic acids is 1. The second kappa shape index (κ2) is 7.76. The minimum absolute atomic E-state index is 0.0198. The van der Waals surface area contributed by atoms with Gasteiger partial charge in [0.15, 0.2) is 5.15 Å². The molecule has 1 heterocycles. The zero-order valence-corrected chi connectivity index (χ0v) is 15.3. The zero-order valence-electron chi connectivity index (χ0n) is 14.5. The molecule has 4 rings (SSSR count). The summed E-state index contributed by atoms with van der Waals surface area (Å²) in [5, 5.41) is 3.34. The third kappa shape index (κ3) is 4.26. The lowest BCUT2D eigenvalue weighted by Gasteiger charge is -2.19. The lowest BCUT2D eigenvalue weighted by molar-refractivity contribution is -0.122. The molecule has 1 aliphatic rings. The summed E-state index contributed by atoms with van der Waals surface area (Å²) in [6.07, 6.45) is 4.96. The maximum absolute atomic E-state index is 12.4. The van der Waals surface area contributed by atoms with Gasteiger partial charge in [0.1, 0.15) is 17.2 Å². The summed E-state index contributed by atoms with van der Waals surface area (Å²) in [6.45, 7) is 0. The van der Waals surface area contributed by atoms with E-state index in [4.69, 9.17) is 16.3 Å². The van der Waals surface area contributed by atoms with E-state index < -0.39 is 6.04 Å². The van der Waals surface area contributed by atoms with Crippen LogP contribution in [0.1, 0.15) is 30.1 Å². The number of para-hydroxylation sites is 1. The van der Waals surface area contributed by atoms with Gasteiger partial charge >= 0.3 is 0 Å². The number of halogens is 1. The van der Waals surface area contributed by atoms with Crippen molar-refractivity contribution in [2.75, 3.05) is 0 Å². The van der Waals surface area contributed by atoms with Crippen molar-refractivity contribution < 1.29 is 9.53 Å². The number of nitrogens with zero attached hydrogens (tertiary/aromatic N) is 2. The smallest absolute Gasteiger partial charge is 0.223 e. The van der Waals surface area contributed by atoms with Gasteiger partial charge in [-0.3, -0.25) is 9.78 Å². The van der Waals surface area contributed by atoms with Crippen LogP contribution in [0.4, 0.5) is 0 Å². The van der Waals surface area contributed by atoms with Gasteiger partial charge in [-0.1, -0.05) is 41.9 Å². The predicted octanol–water partition coefficient (Wildman–Crippen LogP) is 4.54. The summed E-state index contributed by atoms with van der Waals surface area (Å²) in [7, 11) is 0. The van der Waals surface area contributed by atoms with Crippen LogP contribution < -0.4 is 10.1 Å². The third-order valence-electron chi connectivity index (χ3n) is 4.38. The Hall–Kier alpha value is -2.92. The fourth-order valence-electron chi connectivity index (χ4n) is 2.79. The molecule has 0 radical (unpaired) electrons. The highest BCUT2D eigenvalue weighted by Crippen LogP contribution is 2.32. The quantitative estimate of drug-likeness (QED) is 0.683. The summed E-state index contributed by atoms with van der Waals surface area (Å²) in [6, 6.07) is 16.6. The van der Waals surface area contributed by atoms with Gasteiger partial charge < -0.3 is 10.1 Å². The maximum atomic E-state index is 12.4. The van der Waals surface area contributed by atoms with Crippen molar-refractivity contribution in [3.8, 4) is 11.5 Å². The van der Waals surface area contributed by atoms with E-state index in [1.54, 1.807) is 6.20 Å². The van der Waals surface area contributed by atoms with Crippen LogP contribution in [0.25, 0.3) is 0 Å². The number of benzene rings is 2. The minimum atomic E-state index is -0.454. The van der Waals surface area contributed by atoms with Gasteiger partial charge in [-0.05, 0) is 42.7 Å². The van der Waals surface area contributed by atoms with Crippen LogP contribution in [-0.2, 0) is 4.79 Å². The number of ether oxygens (including phenoxy) is 1. The molecule has 2 aromatic carbocycles. The van der Waals surface area contributed by atoms with Crippen molar-refractivity contribution in [1.29, 1.82) is 0 Å². The van der Waals surface area contributed by atoms with Crippen molar-refractivity contribution in [2.45, 2.75) is 18.9 Å². The molecule has 27 heavy (non-hydrogen) atoms. The van der Waals surface area contributed by atoms with Crippen molar-refractivity contribution in [3.63, 3.8) is 0 Å². The molecule has 136 valence electrons. The van der Waals surface area contributed by atoms with E-state index in [0.29, 0.717) is 11.4 Å². The van der Waals surface area contributed by atoms with Gasteiger partial charge in [-0.2, -0.15) is 0 Å². The molecule has 3 aromatic rings. The monoisotopic (exact) mass is 379 g/mol. The first-order valence-electron chi connectivity index (χ1n) is 8.80. The first-order valence-corrected chi connectivity index (χ1v) is 9.18. The Morgan fingerprint density at radius 2 is 1.67 bits per heavy atom. The number of hydrogen-bond donors (Lipinski definition) is 1. The molecule has 0 aliphatic heterocycles. The lowest BCUT2D eigenvalue weighted by Crippen LogP contribution is -2.31. The fourth-order valence-corrected chi connectivity index (χ4v) is 3.01. The molecule has 1 atom stereocenters. The minimum Gasteiger partial charge on any atom is -0.457 e. The van der Waals surface area contributed by atoms with Gasteiger partial charge in [0.05, 0.1) is 6.04 Å². The normalized spacial score (nSPS) is 14.4. The number of hydrogen-bond acceptors (Lipinski definition) is 4. The Morgan fingerprint density at radius 1 is 1.00 bits per heavy atom. The van der Waals surface area contributed by atoms with Gasteiger partial charge in [0.25, 0.3) is 0 Å². The largest absolute Gasteiger partial charge is 0.457 e. The van der Waals surface area contributed by atoms with Gasteiger partial charge in [0.2, 0.25) is 5.91 Å². The molecule has 1 amide bonds. The van der Waals surface area contributed by atoms with Gasteiger partial charge in [-0.15, -0.1) is 0 Å². The zero-order chi connectivity index (χ0) is 18.6. The molecule has 1 aromatic heterocycles. The van der Waals surface area contributed by atoms with Gasteiger partial charge in [0, 0.05) is 18.3 Å². The first kappa shape index (κ1) is 17.5. The van der Waals surface area contributed by atoms with Crippen LogP contribution in [0.2, 0.25) is 5.15 Å². The molecular weight excluding hydrogens is 362 g/mol. The van der Waals surface area contributed by atoms with Crippen molar-refractivity contribution in [2.24, 2.45) is 5.92 Å². The van der Waals surface area contributed by atoms with E-state index in [9.17, 15) is 4.79 Å². The van der Waals surface area contributed by atoms with Gasteiger partial charge in [-0.25, -0.2) is 4.98 Å². The van der Waals surface area contributed by atoms with Crippen molar-refractivity contribution >= 4 is 17.5 Å². The first-order chi connectivity index (χ1) is 13.2. The van der Waals surface area contributed by atoms with E-state index in [1.807, 2.05) is 54.6 Å². The summed E-state index contributed by atoms with van der Waals surface area (Å²) in [5.41, 5.74) is 1.40. The third-order valence-corrected chi connectivity index (χ3v) is 4.67. The standard InChI is InChI=1S/C21H18ClN3O2/c22-20-19(23-12-13-24-20)18(25-21(26)15-6-7-15)14-8-10-17(11-9-14)27-16-4-2-1-3-5-16/h1-5,8-13,15,18H,6-7H2,(H,25,26). The van der Waals surface area contributed by atoms with Crippen LogP contribution in [0.3, 0.4) is 0 Å². The summed E-state index contributed by atoms with van der Waals surface area (Å²) in [5.74, 6) is 1.58. The van der Waals surface area contributed by atoms with Crippen molar-refractivity contribution in [1.82, 2.24) is 15.3 Å². The topological polar surface area (TPSA) is 64.1 Å².